The van der Waals surface area contributed by atoms with Crippen molar-refractivity contribution >= 4 is 35.4 Å². The lowest BCUT2D eigenvalue weighted by Crippen LogP contribution is -2.61. The van der Waals surface area contributed by atoms with Crippen LogP contribution in [0.2, 0.25) is 0 Å². The lowest BCUT2D eigenvalue weighted by atomic mass is 9.82. The number of benzene rings is 1. The monoisotopic (exact) mass is 621 g/mol. The number of para-hydroxylation sites is 1. The van der Waals surface area contributed by atoms with Gasteiger partial charge in [0.05, 0.1) is 18.2 Å². The van der Waals surface area contributed by atoms with Crippen LogP contribution < -0.4 is 16.0 Å². The third kappa shape index (κ3) is 8.34. The van der Waals surface area contributed by atoms with Crippen LogP contribution in [0.25, 0.3) is 0 Å². The molecule has 2 heterocycles. The van der Waals surface area contributed by atoms with Crippen molar-refractivity contribution in [1.29, 1.82) is 0 Å². The summed E-state index contributed by atoms with van der Waals surface area (Å²) in [5, 5.41) is 18.5. The predicted molar refractivity (Wildman–Crippen MR) is 166 cm³/mol. The quantitative estimate of drug-likeness (QED) is 0.331. The molecule has 1 saturated carbocycles. The molecule has 13 nitrogen and oxygen atoms in total. The number of nitrogens with one attached hydrogen (secondary N) is 3. The number of carbonyl (C=O) groups excluding carboxylic acids is 4. The van der Waals surface area contributed by atoms with E-state index in [9.17, 15) is 29.1 Å². The van der Waals surface area contributed by atoms with Crippen molar-refractivity contribution in [1.82, 2.24) is 30.4 Å². The maximum Gasteiger partial charge on any atom is 0.321 e. The molecular formula is C32H43N7O6. The van der Waals surface area contributed by atoms with Crippen LogP contribution in [0.3, 0.4) is 0 Å². The van der Waals surface area contributed by atoms with E-state index in [1.165, 1.54) is 35.4 Å². The Kier molecular flexibility index (Phi) is 10.7. The third-order valence-corrected chi connectivity index (χ3v) is 8.65. The molecule has 1 aromatic carbocycles. The van der Waals surface area contributed by atoms with E-state index in [1.54, 1.807) is 45.0 Å². The number of urea groups is 1. The van der Waals surface area contributed by atoms with E-state index in [4.69, 9.17) is 0 Å². The summed E-state index contributed by atoms with van der Waals surface area (Å²) in [5.74, 6) is -3.80. The summed E-state index contributed by atoms with van der Waals surface area (Å²) >= 11 is 0. The van der Waals surface area contributed by atoms with Gasteiger partial charge in [-0.1, -0.05) is 58.2 Å². The molecule has 45 heavy (non-hydrogen) atoms. The van der Waals surface area contributed by atoms with Crippen molar-refractivity contribution in [2.45, 2.75) is 71.0 Å². The Balaban J connectivity index is 1.52. The van der Waals surface area contributed by atoms with Crippen LogP contribution >= 0.6 is 0 Å². The molecule has 2 fully saturated rings. The highest BCUT2D eigenvalue weighted by molar-refractivity contribution is 5.97. The van der Waals surface area contributed by atoms with Crippen LogP contribution in [0.4, 0.5) is 10.5 Å². The number of carbonyl (C=O) groups is 5. The number of amides is 5. The van der Waals surface area contributed by atoms with E-state index in [0.29, 0.717) is 5.69 Å². The highest BCUT2D eigenvalue weighted by Gasteiger charge is 2.46. The van der Waals surface area contributed by atoms with Gasteiger partial charge >= 0.3 is 12.0 Å². The normalized spacial score (nSPS) is 20.0. The highest BCUT2D eigenvalue weighted by Crippen LogP contribution is 2.29. The first-order valence-corrected chi connectivity index (χ1v) is 15.3. The topological polar surface area (TPSA) is 174 Å². The predicted octanol–water partition coefficient (Wildman–Crippen LogP) is 2.76. The first-order chi connectivity index (χ1) is 21.4. The number of likely N-dealkylation sites (tertiary alicyclic amines) is 1. The fourth-order valence-electron chi connectivity index (χ4n) is 6.06. The fraction of sp³-hybridized carbons (Fsp3) is 0.531. The fourth-order valence-corrected chi connectivity index (χ4v) is 6.06. The Morgan fingerprint density at radius 1 is 0.978 bits per heavy atom. The van der Waals surface area contributed by atoms with Crippen molar-refractivity contribution in [3.63, 3.8) is 0 Å². The minimum absolute atomic E-state index is 0.00154. The number of rotatable bonds is 9. The van der Waals surface area contributed by atoms with Gasteiger partial charge in [0.15, 0.2) is 0 Å². The molecule has 2 aromatic rings. The van der Waals surface area contributed by atoms with Gasteiger partial charge in [-0.3, -0.25) is 24.2 Å². The van der Waals surface area contributed by atoms with Crippen molar-refractivity contribution in [2.24, 2.45) is 17.3 Å². The number of aliphatic carboxylic acids is 1. The molecule has 13 heteroatoms. The van der Waals surface area contributed by atoms with Gasteiger partial charge in [-0.2, -0.15) is 0 Å². The van der Waals surface area contributed by atoms with Gasteiger partial charge in [0.2, 0.25) is 11.8 Å². The van der Waals surface area contributed by atoms with E-state index in [0.717, 1.165) is 32.1 Å². The second kappa shape index (κ2) is 14.5. The summed E-state index contributed by atoms with van der Waals surface area (Å²) in [4.78, 5) is 77.0. The number of nitrogens with zero attached hydrogens (tertiary/aromatic N) is 4. The molecule has 0 spiro atoms. The highest BCUT2D eigenvalue weighted by atomic mass is 16.4. The zero-order valence-corrected chi connectivity index (χ0v) is 26.2. The number of aromatic nitrogens is 2. The minimum Gasteiger partial charge on any atom is -0.481 e. The molecule has 1 saturated heterocycles. The summed E-state index contributed by atoms with van der Waals surface area (Å²) in [6, 6.07) is 5.57. The molecule has 4 rings (SSSR count). The Bertz CT molecular complexity index is 1360. The van der Waals surface area contributed by atoms with Gasteiger partial charge in [0, 0.05) is 38.2 Å². The molecule has 4 atom stereocenters. The first-order valence-electron chi connectivity index (χ1n) is 15.3. The number of hydrogen-bond acceptors (Lipinski definition) is 7. The second-order valence-electron chi connectivity index (χ2n) is 12.9. The zero-order valence-electron chi connectivity index (χ0n) is 26.2. The Labute approximate surface area is 263 Å². The molecule has 4 N–H and O–H groups in total. The minimum atomic E-state index is -1.13. The summed E-state index contributed by atoms with van der Waals surface area (Å²) in [6.45, 7) is 5.34. The summed E-state index contributed by atoms with van der Waals surface area (Å²) < 4.78 is 0. The van der Waals surface area contributed by atoms with Crippen LogP contribution in [-0.2, 0) is 14.4 Å². The Morgan fingerprint density at radius 3 is 2.27 bits per heavy atom. The number of carboxylic acids is 1. The Hall–Kier alpha value is -4.55. The smallest absolute Gasteiger partial charge is 0.321 e. The van der Waals surface area contributed by atoms with E-state index < -0.39 is 59.2 Å². The van der Waals surface area contributed by atoms with Crippen molar-refractivity contribution in [2.75, 3.05) is 25.5 Å². The molecule has 2 unspecified atom stereocenters. The van der Waals surface area contributed by atoms with Crippen molar-refractivity contribution in [3.8, 4) is 0 Å². The van der Waals surface area contributed by atoms with Gasteiger partial charge in [0.25, 0.3) is 5.91 Å². The van der Waals surface area contributed by atoms with Crippen LogP contribution in [0, 0.1) is 17.3 Å². The second-order valence-corrected chi connectivity index (χ2v) is 12.9. The van der Waals surface area contributed by atoms with Gasteiger partial charge in [-0.05, 0) is 36.3 Å². The molecule has 5 amide bonds. The number of anilines is 1. The molecule has 0 bridgehead atoms. The van der Waals surface area contributed by atoms with Crippen LogP contribution in [-0.4, -0.2) is 92.9 Å². The molecule has 1 aliphatic heterocycles. The molecule has 1 aliphatic carbocycles. The molecule has 242 valence electrons. The lowest BCUT2D eigenvalue weighted by Gasteiger charge is -2.38. The summed E-state index contributed by atoms with van der Waals surface area (Å²) in [5.41, 5.74) is -0.123. The van der Waals surface area contributed by atoms with Crippen LogP contribution in [0.5, 0.6) is 0 Å². The van der Waals surface area contributed by atoms with Gasteiger partial charge in [-0.15, -0.1) is 0 Å². The Morgan fingerprint density at radius 2 is 1.67 bits per heavy atom. The summed E-state index contributed by atoms with van der Waals surface area (Å²) in [6.07, 6.45) is 8.56. The van der Waals surface area contributed by atoms with Crippen LogP contribution in [0.15, 0.2) is 48.9 Å². The number of likely N-dealkylation sites (N-methyl/N-ethyl adjacent to an activating group) is 1. The number of carboxylic acid groups (broad SMARTS) is 1. The van der Waals surface area contributed by atoms with E-state index in [1.807, 2.05) is 6.07 Å². The van der Waals surface area contributed by atoms with Gasteiger partial charge < -0.3 is 30.9 Å². The lowest BCUT2D eigenvalue weighted by molar-refractivity contribution is -0.146. The first kappa shape index (κ1) is 33.3. The average Bonchev–Trinajstić information content (AvgIpc) is 3.49. The maximum atomic E-state index is 14.1. The standard InChI is InChI=1S/C32H43N7O6/c1-32(2,3)26(37-28(41)25(20-11-7-5-8-12-20)36-27(40)23-17-33-15-16-34-23)29(42)38(4)24-19-39(18-22(24)30(43)44)31(45)35-21-13-9-6-10-14-21/h6,9-10,13-17,20,22,24-26H,5,7-8,11-12,18-19H2,1-4H3,(H,35,45)(H,36,40)(H,37,41)(H,43,44)/t22-,24+,25?,26?/m1/s1. The zero-order chi connectivity index (χ0) is 32.7. The van der Waals surface area contributed by atoms with E-state index in [-0.39, 0.29) is 24.7 Å². The maximum absolute atomic E-state index is 14.1. The third-order valence-electron chi connectivity index (χ3n) is 8.65. The molecule has 0 radical (unpaired) electrons. The van der Waals surface area contributed by atoms with Crippen molar-refractivity contribution in [3.05, 3.63) is 54.6 Å². The number of hydrogen-bond donors (Lipinski definition) is 4. The molecule has 1 aromatic heterocycles. The van der Waals surface area contributed by atoms with Gasteiger partial charge in [-0.25, -0.2) is 9.78 Å². The SMILES string of the molecule is CN(C(=O)C(NC(=O)C(NC(=O)c1cnccn1)C1CCCCC1)C(C)(C)C)[C@H]1CN(C(=O)Nc2ccccc2)C[C@H]1C(=O)O. The molecule has 2 aliphatic rings. The van der Waals surface area contributed by atoms with Gasteiger partial charge in [0.1, 0.15) is 17.8 Å². The average molecular weight is 622 g/mol. The molecular weight excluding hydrogens is 578 g/mol. The van der Waals surface area contributed by atoms with Crippen molar-refractivity contribution < 1.29 is 29.1 Å². The van der Waals surface area contributed by atoms with E-state index >= 15 is 0 Å². The van der Waals surface area contributed by atoms with Crippen LogP contribution in [0.1, 0.15) is 63.4 Å². The summed E-state index contributed by atoms with van der Waals surface area (Å²) in [7, 11) is 1.50. The van der Waals surface area contributed by atoms with E-state index in [2.05, 4.69) is 25.9 Å². The largest absolute Gasteiger partial charge is 0.481 e.